The third-order valence-corrected chi connectivity index (χ3v) is 3.74. The molecule has 0 aliphatic heterocycles. The molecule has 0 aliphatic carbocycles. The van der Waals surface area contributed by atoms with Gasteiger partial charge in [-0.25, -0.2) is 9.59 Å². The molecule has 0 aromatic heterocycles. The van der Waals surface area contributed by atoms with Crippen molar-refractivity contribution in [2.75, 3.05) is 7.11 Å². The number of carbonyl (C=O) groups is 2. The summed E-state index contributed by atoms with van der Waals surface area (Å²) in [4.78, 5) is 23.7. The number of hydrogen-bond acceptors (Lipinski definition) is 4. The fourth-order valence-electron chi connectivity index (χ4n) is 1.73. The fraction of sp³-hybridized carbons (Fsp3) is 0.0667. The van der Waals surface area contributed by atoms with Gasteiger partial charge >= 0.3 is 11.9 Å². The van der Waals surface area contributed by atoms with Crippen LogP contribution in [0.4, 0.5) is 0 Å². The average molecular weight is 304 g/mol. The summed E-state index contributed by atoms with van der Waals surface area (Å²) in [5.74, 6) is -1.79. The van der Waals surface area contributed by atoms with Crippen LogP contribution in [-0.4, -0.2) is 29.3 Å². The maximum atomic E-state index is 11.1. The highest BCUT2D eigenvalue weighted by Crippen LogP contribution is 2.30. The first kappa shape index (κ1) is 14.9. The molecule has 5 nitrogen and oxygen atoms in total. The molecule has 0 unspecified atom stereocenters. The smallest absolute Gasteiger partial charge is 0.336 e. The van der Waals surface area contributed by atoms with Gasteiger partial charge in [-0.05, 0) is 42.5 Å². The summed E-state index contributed by atoms with van der Waals surface area (Å²) < 4.78 is 5.06. The predicted molar refractivity (Wildman–Crippen MR) is 77.5 cm³/mol. The van der Waals surface area contributed by atoms with Crippen LogP contribution < -0.4 is 4.74 Å². The van der Waals surface area contributed by atoms with Crippen LogP contribution in [0.25, 0.3) is 0 Å². The van der Waals surface area contributed by atoms with E-state index in [9.17, 15) is 9.59 Å². The Morgan fingerprint density at radius 2 is 1.48 bits per heavy atom. The summed E-state index contributed by atoms with van der Waals surface area (Å²) in [5, 5.41) is 18.1. The van der Waals surface area contributed by atoms with Crippen LogP contribution in [-0.2, 0) is 0 Å². The van der Waals surface area contributed by atoms with Gasteiger partial charge in [-0.1, -0.05) is 11.8 Å². The van der Waals surface area contributed by atoms with Gasteiger partial charge in [0.1, 0.15) is 5.75 Å². The third kappa shape index (κ3) is 3.55. The molecular weight excluding hydrogens is 292 g/mol. The van der Waals surface area contributed by atoms with Crippen molar-refractivity contribution in [3.05, 3.63) is 53.6 Å². The van der Waals surface area contributed by atoms with E-state index < -0.39 is 11.9 Å². The highest BCUT2D eigenvalue weighted by atomic mass is 32.2. The first-order valence-corrected chi connectivity index (χ1v) is 6.75. The van der Waals surface area contributed by atoms with Gasteiger partial charge < -0.3 is 14.9 Å². The minimum absolute atomic E-state index is 0.221. The summed E-state index contributed by atoms with van der Waals surface area (Å²) >= 11 is 1.35. The number of carboxylic acid groups (broad SMARTS) is 2. The Balaban J connectivity index is 2.29. The molecular formula is C15H12O5S. The second-order valence-corrected chi connectivity index (χ2v) is 5.24. The zero-order valence-corrected chi connectivity index (χ0v) is 11.9. The number of benzene rings is 2. The zero-order valence-electron chi connectivity index (χ0n) is 11.1. The van der Waals surface area contributed by atoms with E-state index >= 15 is 0 Å². The Hall–Kier alpha value is -2.47. The summed E-state index contributed by atoms with van der Waals surface area (Å²) in [7, 11) is 1.58. The van der Waals surface area contributed by atoms with Crippen LogP contribution in [0, 0.1) is 0 Å². The van der Waals surface area contributed by atoms with E-state index in [0.29, 0.717) is 4.90 Å². The molecule has 0 fully saturated rings. The van der Waals surface area contributed by atoms with Crippen LogP contribution in [0.1, 0.15) is 20.7 Å². The lowest BCUT2D eigenvalue weighted by atomic mass is 10.1. The quantitative estimate of drug-likeness (QED) is 0.882. The molecule has 2 aromatic carbocycles. The lowest BCUT2D eigenvalue weighted by molar-refractivity contribution is 0.0651. The molecule has 0 amide bonds. The number of aromatic carboxylic acids is 2. The van der Waals surface area contributed by atoms with Crippen LogP contribution >= 0.6 is 11.8 Å². The molecule has 0 aliphatic rings. The highest BCUT2D eigenvalue weighted by molar-refractivity contribution is 7.99. The molecule has 0 saturated heterocycles. The highest BCUT2D eigenvalue weighted by Gasteiger charge is 2.16. The third-order valence-electron chi connectivity index (χ3n) is 2.75. The molecule has 21 heavy (non-hydrogen) atoms. The number of hydrogen-bond donors (Lipinski definition) is 2. The molecule has 0 bridgehead atoms. The van der Waals surface area contributed by atoms with Gasteiger partial charge in [-0.2, -0.15) is 0 Å². The Bertz CT molecular complexity index is 679. The van der Waals surface area contributed by atoms with Gasteiger partial charge in [0.05, 0.1) is 18.2 Å². The molecule has 0 heterocycles. The van der Waals surface area contributed by atoms with Crippen LogP contribution in [0.2, 0.25) is 0 Å². The molecule has 0 spiro atoms. The average Bonchev–Trinajstić information content (AvgIpc) is 2.47. The molecule has 0 saturated carbocycles. The normalized spacial score (nSPS) is 10.1. The lowest BCUT2D eigenvalue weighted by Crippen LogP contribution is -2.07. The van der Waals surface area contributed by atoms with Gasteiger partial charge in [0.25, 0.3) is 0 Å². The first-order valence-electron chi connectivity index (χ1n) is 5.94. The van der Waals surface area contributed by atoms with E-state index in [-0.39, 0.29) is 11.1 Å². The van der Waals surface area contributed by atoms with Crippen molar-refractivity contribution >= 4 is 23.7 Å². The van der Waals surface area contributed by atoms with E-state index in [4.69, 9.17) is 14.9 Å². The zero-order chi connectivity index (χ0) is 15.4. The minimum atomic E-state index is -1.26. The fourth-order valence-corrected chi connectivity index (χ4v) is 2.59. The Morgan fingerprint density at radius 1 is 0.905 bits per heavy atom. The van der Waals surface area contributed by atoms with Crippen molar-refractivity contribution in [1.29, 1.82) is 0 Å². The largest absolute Gasteiger partial charge is 0.497 e. The van der Waals surface area contributed by atoms with Crippen molar-refractivity contribution in [1.82, 2.24) is 0 Å². The lowest BCUT2D eigenvalue weighted by Gasteiger charge is -2.06. The number of ether oxygens (including phenoxy) is 1. The van der Waals surface area contributed by atoms with Gasteiger partial charge in [0, 0.05) is 9.79 Å². The molecule has 0 atom stereocenters. The van der Waals surface area contributed by atoms with Gasteiger partial charge in [-0.15, -0.1) is 0 Å². The summed E-state index contributed by atoms with van der Waals surface area (Å²) in [6, 6.07) is 11.5. The second kappa shape index (κ2) is 6.32. The molecule has 0 radical (unpaired) electrons. The SMILES string of the molecule is COc1ccc(Sc2ccc(C(=O)O)c(C(=O)O)c2)cc1. The standard InChI is InChI=1S/C15H12O5S/c1-20-9-2-4-10(5-3-9)21-11-6-7-12(14(16)17)13(8-11)15(18)19/h2-8H,1H3,(H,16,17)(H,18,19). The molecule has 108 valence electrons. The van der Waals surface area contributed by atoms with Crippen molar-refractivity contribution in [2.45, 2.75) is 9.79 Å². The Kier molecular flexibility index (Phi) is 4.49. The van der Waals surface area contributed by atoms with Gasteiger partial charge in [-0.3, -0.25) is 0 Å². The van der Waals surface area contributed by atoms with Crippen LogP contribution in [0.3, 0.4) is 0 Å². The Labute approximate surface area is 125 Å². The van der Waals surface area contributed by atoms with E-state index in [1.807, 2.05) is 12.1 Å². The van der Waals surface area contributed by atoms with Crippen molar-refractivity contribution in [3.8, 4) is 5.75 Å². The molecule has 2 aromatic rings. The van der Waals surface area contributed by atoms with Crippen molar-refractivity contribution in [3.63, 3.8) is 0 Å². The monoisotopic (exact) mass is 304 g/mol. The maximum absolute atomic E-state index is 11.1. The first-order chi connectivity index (χ1) is 10.0. The summed E-state index contributed by atoms with van der Waals surface area (Å²) in [6.45, 7) is 0. The number of methoxy groups -OCH3 is 1. The molecule has 2 rings (SSSR count). The van der Waals surface area contributed by atoms with E-state index in [2.05, 4.69) is 0 Å². The Morgan fingerprint density at radius 3 is 2.00 bits per heavy atom. The summed E-state index contributed by atoms with van der Waals surface area (Å²) in [6.07, 6.45) is 0. The number of rotatable bonds is 5. The van der Waals surface area contributed by atoms with E-state index in [0.717, 1.165) is 10.6 Å². The van der Waals surface area contributed by atoms with Gasteiger partial charge in [0.15, 0.2) is 0 Å². The maximum Gasteiger partial charge on any atom is 0.336 e. The van der Waals surface area contributed by atoms with Crippen molar-refractivity contribution < 1.29 is 24.5 Å². The molecule has 6 heteroatoms. The second-order valence-electron chi connectivity index (χ2n) is 4.10. The van der Waals surface area contributed by atoms with Crippen LogP contribution in [0.5, 0.6) is 5.75 Å². The van der Waals surface area contributed by atoms with Crippen LogP contribution in [0.15, 0.2) is 52.3 Å². The minimum Gasteiger partial charge on any atom is -0.497 e. The van der Waals surface area contributed by atoms with Gasteiger partial charge in [0.2, 0.25) is 0 Å². The molecule has 2 N–H and O–H groups in total. The number of carboxylic acids is 2. The van der Waals surface area contributed by atoms with E-state index in [1.165, 1.54) is 23.9 Å². The van der Waals surface area contributed by atoms with Crippen molar-refractivity contribution in [2.24, 2.45) is 0 Å². The summed E-state index contributed by atoms with van der Waals surface area (Å²) in [5.41, 5.74) is -0.442. The van der Waals surface area contributed by atoms with E-state index in [1.54, 1.807) is 25.3 Å². The predicted octanol–water partition coefficient (Wildman–Crippen LogP) is 3.24. The topological polar surface area (TPSA) is 83.8 Å².